The molecule has 3 atom stereocenters. The number of rotatable bonds is 2. The van der Waals surface area contributed by atoms with E-state index in [2.05, 4.69) is 164 Å². The molecule has 0 amide bonds. The van der Waals surface area contributed by atoms with E-state index in [0.29, 0.717) is 17.8 Å². The normalized spacial score (nSPS) is 21.8. The van der Waals surface area contributed by atoms with E-state index >= 15 is 0 Å². The van der Waals surface area contributed by atoms with Gasteiger partial charge >= 0.3 is 0 Å². The fraction of sp³-hybridized carbons (Fsp3) is 0.143. The topological polar surface area (TPSA) is 18.1 Å². The van der Waals surface area contributed by atoms with Crippen molar-refractivity contribution in [2.45, 2.75) is 31.6 Å². The molecule has 5 aliphatic rings. The number of hydrogen-bond donors (Lipinski definition) is 0. The summed E-state index contributed by atoms with van der Waals surface area (Å²) in [6, 6.07) is 40.4. The van der Waals surface area contributed by atoms with Crippen LogP contribution in [0.2, 0.25) is 0 Å². The van der Waals surface area contributed by atoms with Crippen LogP contribution in [0, 0.1) is 11.8 Å². The number of fused-ring (bicyclic) bond motifs is 13. The van der Waals surface area contributed by atoms with Crippen molar-refractivity contribution in [1.29, 1.82) is 0 Å². The monoisotopic (exact) mass is 653 g/mol. The molecule has 0 aliphatic heterocycles. The molecule has 2 heterocycles. The smallest absolute Gasteiger partial charge is 0.139 e. The van der Waals surface area contributed by atoms with Gasteiger partial charge in [-0.25, -0.2) is 0 Å². The minimum absolute atomic E-state index is 0.138. The number of nitrogens with zero attached hydrogens (tertiary/aromatic N) is 1. The lowest BCUT2D eigenvalue weighted by atomic mass is 9.72. The van der Waals surface area contributed by atoms with Crippen LogP contribution in [0.25, 0.3) is 61.3 Å². The average molecular weight is 654 g/mol. The van der Waals surface area contributed by atoms with Crippen LogP contribution in [0.3, 0.4) is 0 Å². The van der Waals surface area contributed by atoms with Gasteiger partial charge in [0.05, 0.1) is 5.52 Å². The maximum atomic E-state index is 6.64. The van der Waals surface area contributed by atoms with Gasteiger partial charge in [0.25, 0.3) is 0 Å². The van der Waals surface area contributed by atoms with E-state index < -0.39 is 0 Å². The summed E-state index contributed by atoms with van der Waals surface area (Å²) in [6.45, 7) is 4.80. The number of aromatic nitrogens is 1. The minimum atomic E-state index is -0.138. The first-order valence-corrected chi connectivity index (χ1v) is 18.4. The van der Waals surface area contributed by atoms with E-state index in [0.717, 1.165) is 17.6 Å². The SMILES string of the molecule is CC1(C)C2=Cc3c(n(-c4ccc(C5=CC=C6c7ccccc7C7=CC=CC5C76)cc4)c4ccccc34)CC2c2ccc3c(oc4ccccc43)c21. The van der Waals surface area contributed by atoms with Crippen molar-refractivity contribution in [3.05, 3.63) is 184 Å². The lowest BCUT2D eigenvalue weighted by Crippen LogP contribution is -2.20. The molecule has 0 N–H and O–H groups in total. The second kappa shape index (κ2) is 9.68. The molecule has 2 aromatic heterocycles. The lowest BCUT2D eigenvalue weighted by Gasteiger charge is -2.31. The highest BCUT2D eigenvalue weighted by Gasteiger charge is 2.46. The number of benzene rings is 5. The Labute approximate surface area is 297 Å². The molecular formula is C49H35NO. The quantitative estimate of drug-likeness (QED) is 0.182. The zero-order chi connectivity index (χ0) is 33.6. The predicted molar refractivity (Wildman–Crippen MR) is 211 cm³/mol. The Hall–Kier alpha value is -5.86. The first-order valence-electron chi connectivity index (χ1n) is 18.4. The van der Waals surface area contributed by atoms with Gasteiger partial charge in [-0.05, 0) is 69.7 Å². The molecule has 0 fully saturated rings. The third-order valence-corrected chi connectivity index (χ3v) is 12.8. The third-order valence-electron chi connectivity index (χ3n) is 12.8. The number of para-hydroxylation sites is 2. The Bertz CT molecular complexity index is 2860. The summed E-state index contributed by atoms with van der Waals surface area (Å²) in [5, 5.41) is 3.74. The maximum absolute atomic E-state index is 6.64. The molecule has 7 aromatic rings. The molecule has 2 nitrogen and oxygen atoms in total. The molecule has 0 saturated heterocycles. The summed E-state index contributed by atoms with van der Waals surface area (Å²) in [5.74, 6) is 1.05. The van der Waals surface area contributed by atoms with E-state index in [9.17, 15) is 0 Å². The first-order chi connectivity index (χ1) is 25.1. The number of allylic oxidation sites excluding steroid dienone is 9. The fourth-order valence-corrected chi connectivity index (χ4v) is 10.6. The molecule has 2 heteroatoms. The largest absolute Gasteiger partial charge is 0.456 e. The van der Waals surface area contributed by atoms with Crippen LogP contribution in [0.5, 0.6) is 0 Å². The van der Waals surface area contributed by atoms with Crippen LogP contribution < -0.4 is 0 Å². The van der Waals surface area contributed by atoms with Gasteiger partial charge in [0, 0.05) is 61.8 Å². The zero-order valence-electron chi connectivity index (χ0n) is 28.7. The van der Waals surface area contributed by atoms with Crippen LogP contribution in [0.4, 0.5) is 0 Å². The van der Waals surface area contributed by atoms with Gasteiger partial charge in [-0.1, -0.05) is 141 Å². The first kappa shape index (κ1) is 27.9. The van der Waals surface area contributed by atoms with E-state index in [1.54, 1.807) is 0 Å². The van der Waals surface area contributed by atoms with Gasteiger partial charge in [-0.3, -0.25) is 0 Å². The number of hydrogen-bond acceptors (Lipinski definition) is 1. The summed E-state index contributed by atoms with van der Waals surface area (Å²) >= 11 is 0. The van der Waals surface area contributed by atoms with E-state index in [-0.39, 0.29) is 5.41 Å². The van der Waals surface area contributed by atoms with Crippen LogP contribution in [0.1, 0.15) is 58.8 Å². The summed E-state index contributed by atoms with van der Waals surface area (Å²) in [7, 11) is 0. The van der Waals surface area contributed by atoms with Gasteiger partial charge in [0.1, 0.15) is 11.2 Å². The summed E-state index contributed by atoms with van der Waals surface area (Å²) in [6.07, 6.45) is 15.3. The molecule has 0 bridgehead atoms. The van der Waals surface area contributed by atoms with Crippen molar-refractivity contribution in [3.8, 4) is 5.69 Å². The molecular weight excluding hydrogens is 619 g/mol. The molecule has 3 unspecified atom stereocenters. The van der Waals surface area contributed by atoms with Gasteiger partial charge in [0.2, 0.25) is 0 Å². The lowest BCUT2D eigenvalue weighted by molar-refractivity contribution is 0.595. The summed E-state index contributed by atoms with van der Waals surface area (Å²) in [5.41, 5.74) is 19.8. The van der Waals surface area contributed by atoms with Crippen LogP contribution in [-0.4, -0.2) is 4.57 Å². The van der Waals surface area contributed by atoms with E-state index in [1.165, 1.54) is 88.7 Å². The van der Waals surface area contributed by atoms with Gasteiger partial charge in [0.15, 0.2) is 0 Å². The second-order valence-electron chi connectivity index (χ2n) is 15.5. The van der Waals surface area contributed by atoms with Crippen molar-refractivity contribution >= 4 is 55.6 Å². The zero-order valence-corrected chi connectivity index (χ0v) is 28.7. The highest BCUT2D eigenvalue weighted by Crippen LogP contribution is 2.58. The van der Waals surface area contributed by atoms with Crippen molar-refractivity contribution in [1.82, 2.24) is 4.57 Å². The Morgan fingerprint density at radius 3 is 2.25 bits per heavy atom. The van der Waals surface area contributed by atoms with Gasteiger partial charge < -0.3 is 8.98 Å². The molecule has 242 valence electrons. The van der Waals surface area contributed by atoms with Crippen LogP contribution in [0.15, 0.2) is 150 Å². The highest BCUT2D eigenvalue weighted by molar-refractivity contribution is 6.07. The summed E-state index contributed by atoms with van der Waals surface area (Å²) < 4.78 is 9.17. The minimum Gasteiger partial charge on any atom is -0.456 e. The van der Waals surface area contributed by atoms with Crippen molar-refractivity contribution in [3.63, 3.8) is 0 Å². The van der Waals surface area contributed by atoms with Crippen molar-refractivity contribution in [2.75, 3.05) is 0 Å². The standard InChI is InChI=1S/C49H35NO/c1-49(2)42-26-41-33-12-5-7-16-43(33)50(44(41)27-40(42)38-24-25-39-34-13-6-8-17-45(34)51-48(39)47(38)49)29-20-18-28(19-21-29)30-22-23-37-32-11-4-3-10-31(32)36-15-9-14-35(30)46(36)37/h3-26,35,40,46H,27H2,1-2H3. The highest BCUT2D eigenvalue weighted by atomic mass is 16.3. The fourth-order valence-electron chi connectivity index (χ4n) is 10.6. The molecule has 12 rings (SSSR count). The van der Waals surface area contributed by atoms with Gasteiger partial charge in [-0.2, -0.15) is 0 Å². The molecule has 0 radical (unpaired) electrons. The molecule has 0 spiro atoms. The van der Waals surface area contributed by atoms with E-state index in [1.807, 2.05) is 0 Å². The second-order valence-corrected chi connectivity index (χ2v) is 15.5. The Kier molecular flexibility index (Phi) is 5.29. The van der Waals surface area contributed by atoms with E-state index in [4.69, 9.17) is 4.42 Å². The Morgan fingerprint density at radius 2 is 1.41 bits per heavy atom. The Balaban J connectivity index is 0.973. The Morgan fingerprint density at radius 1 is 0.686 bits per heavy atom. The van der Waals surface area contributed by atoms with Crippen molar-refractivity contribution in [2.24, 2.45) is 11.8 Å². The maximum Gasteiger partial charge on any atom is 0.139 e. The van der Waals surface area contributed by atoms with Gasteiger partial charge in [-0.15, -0.1) is 0 Å². The van der Waals surface area contributed by atoms with Crippen molar-refractivity contribution < 1.29 is 4.42 Å². The molecule has 51 heavy (non-hydrogen) atoms. The molecule has 5 aromatic carbocycles. The third kappa shape index (κ3) is 3.52. The number of furan rings is 1. The van der Waals surface area contributed by atoms with Crippen LogP contribution >= 0.6 is 0 Å². The average Bonchev–Trinajstić information content (AvgIpc) is 3.87. The predicted octanol–water partition coefficient (Wildman–Crippen LogP) is 12.2. The van der Waals surface area contributed by atoms with Crippen LogP contribution in [-0.2, 0) is 11.8 Å². The summed E-state index contributed by atoms with van der Waals surface area (Å²) in [4.78, 5) is 0. The molecule has 0 saturated carbocycles. The molecule has 5 aliphatic carbocycles.